The molecule has 0 aliphatic rings. The van der Waals surface area contributed by atoms with E-state index in [9.17, 15) is 5.11 Å². The van der Waals surface area contributed by atoms with Crippen LogP contribution in [0.2, 0.25) is 0 Å². The normalized spacial score (nSPS) is 15.3. The molecule has 0 radical (unpaired) electrons. The molecule has 1 heterocycles. The first-order valence-electron chi connectivity index (χ1n) is 5.38. The quantitative estimate of drug-likeness (QED) is 0.772. The Balaban J connectivity index is 2.87. The SMILES string of the molecule is CNC(c1ccncc1)C(CO)C(C)C. The predicted molar refractivity (Wildman–Crippen MR) is 61.5 cm³/mol. The third kappa shape index (κ3) is 3.01. The lowest BCUT2D eigenvalue weighted by molar-refractivity contribution is 0.154. The number of pyridine rings is 1. The summed E-state index contributed by atoms with van der Waals surface area (Å²) in [6.45, 7) is 4.46. The molecular weight excluding hydrogens is 188 g/mol. The summed E-state index contributed by atoms with van der Waals surface area (Å²) in [5.41, 5.74) is 1.18. The Kier molecular flexibility index (Phi) is 4.72. The van der Waals surface area contributed by atoms with Crippen LogP contribution < -0.4 is 5.32 Å². The minimum absolute atomic E-state index is 0.193. The molecule has 2 atom stereocenters. The maximum absolute atomic E-state index is 9.40. The van der Waals surface area contributed by atoms with Crippen LogP contribution in [0.4, 0.5) is 0 Å². The third-order valence-electron chi connectivity index (χ3n) is 2.87. The van der Waals surface area contributed by atoms with Crippen LogP contribution in [0.1, 0.15) is 25.5 Å². The van der Waals surface area contributed by atoms with Crippen molar-refractivity contribution < 1.29 is 5.11 Å². The molecule has 0 aliphatic carbocycles. The third-order valence-corrected chi connectivity index (χ3v) is 2.87. The lowest BCUT2D eigenvalue weighted by Crippen LogP contribution is -2.31. The number of hydrogen-bond donors (Lipinski definition) is 2. The van der Waals surface area contributed by atoms with Gasteiger partial charge in [0, 0.05) is 31.0 Å². The fourth-order valence-corrected chi connectivity index (χ4v) is 1.90. The van der Waals surface area contributed by atoms with E-state index in [1.807, 2.05) is 19.2 Å². The first kappa shape index (κ1) is 12.1. The number of hydrogen-bond acceptors (Lipinski definition) is 3. The summed E-state index contributed by atoms with van der Waals surface area (Å²) in [7, 11) is 1.93. The van der Waals surface area contributed by atoms with E-state index in [0.717, 1.165) is 0 Å². The molecule has 1 aromatic rings. The number of nitrogens with zero attached hydrogens (tertiary/aromatic N) is 1. The summed E-state index contributed by atoms with van der Waals surface area (Å²) in [5, 5.41) is 12.7. The van der Waals surface area contributed by atoms with Gasteiger partial charge in [-0.05, 0) is 30.7 Å². The molecule has 1 rings (SSSR count). The van der Waals surface area contributed by atoms with Crippen molar-refractivity contribution in [3.63, 3.8) is 0 Å². The van der Waals surface area contributed by atoms with Gasteiger partial charge in [-0.2, -0.15) is 0 Å². The van der Waals surface area contributed by atoms with Crippen molar-refractivity contribution >= 4 is 0 Å². The highest BCUT2D eigenvalue weighted by atomic mass is 16.3. The number of aliphatic hydroxyl groups is 1. The van der Waals surface area contributed by atoms with Crippen LogP contribution in [0.25, 0.3) is 0 Å². The monoisotopic (exact) mass is 208 g/mol. The van der Waals surface area contributed by atoms with E-state index < -0.39 is 0 Å². The van der Waals surface area contributed by atoms with Crippen molar-refractivity contribution in [3.8, 4) is 0 Å². The zero-order valence-electron chi connectivity index (χ0n) is 9.64. The Morgan fingerprint density at radius 3 is 2.33 bits per heavy atom. The second-order valence-electron chi connectivity index (χ2n) is 4.14. The van der Waals surface area contributed by atoms with Gasteiger partial charge in [0.15, 0.2) is 0 Å². The van der Waals surface area contributed by atoms with E-state index >= 15 is 0 Å². The Morgan fingerprint density at radius 1 is 1.33 bits per heavy atom. The fourth-order valence-electron chi connectivity index (χ4n) is 1.90. The second kappa shape index (κ2) is 5.83. The summed E-state index contributed by atoms with van der Waals surface area (Å²) in [5.74, 6) is 0.679. The summed E-state index contributed by atoms with van der Waals surface area (Å²) < 4.78 is 0. The summed E-state index contributed by atoms with van der Waals surface area (Å²) in [6, 6.07) is 4.18. The van der Waals surface area contributed by atoms with Crippen molar-refractivity contribution in [2.75, 3.05) is 13.7 Å². The highest BCUT2D eigenvalue weighted by Gasteiger charge is 2.23. The van der Waals surface area contributed by atoms with Crippen molar-refractivity contribution in [1.82, 2.24) is 10.3 Å². The molecule has 3 heteroatoms. The van der Waals surface area contributed by atoms with Crippen molar-refractivity contribution in [1.29, 1.82) is 0 Å². The molecule has 0 saturated carbocycles. The maximum Gasteiger partial charge on any atom is 0.0479 e. The molecule has 0 aliphatic heterocycles. The van der Waals surface area contributed by atoms with Gasteiger partial charge in [-0.25, -0.2) is 0 Å². The van der Waals surface area contributed by atoms with Crippen LogP contribution in [-0.4, -0.2) is 23.7 Å². The molecule has 84 valence electrons. The van der Waals surface area contributed by atoms with Crippen LogP contribution in [0.15, 0.2) is 24.5 Å². The fraction of sp³-hybridized carbons (Fsp3) is 0.583. The predicted octanol–water partition coefficient (Wildman–Crippen LogP) is 1.61. The van der Waals surface area contributed by atoms with Gasteiger partial charge in [-0.1, -0.05) is 13.8 Å². The van der Waals surface area contributed by atoms with Gasteiger partial charge in [0.05, 0.1) is 0 Å². The number of aliphatic hydroxyl groups excluding tert-OH is 1. The smallest absolute Gasteiger partial charge is 0.0479 e. The zero-order valence-corrected chi connectivity index (χ0v) is 9.64. The topological polar surface area (TPSA) is 45.2 Å². The molecule has 0 amide bonds. The Bertz CT molecular complexity index is 274. The van der Waals surface area contributed by atoms with Gasteiger partial charge in [-0.3, -0.25) is 4.98 Å². The Labute approximate surface area is 91.5 Å². The Morgan fingerprint density at radius 2 is 1.93 bits per heavy atom. The molecule has 2 unspecified atom stereocenters. The maximum atomic E-state index is 9.40. The average molecular weight is 208 g/mol. The first-order valence-corrected chi connectivity index (χ1v) is 5.38. The van der Waals surface area contributed by atoms with Gasteiger partial charge in [0.25, 0.3) is 0 Å². The molecule has 1 aromatic heterocycles. The Hall–Kier alpha value is -0.930. The molecule has 0 spiro atoms. The van der Waals surface area contributed by atoms with Crippen LogP contribution >= 0.6 is 0 Å². The number of rotatable bonds is 5. The van der Waals surface area contributed by atoms with Crippen LogP contribution in [-0.2, 0) is 0 Å². The minimum Gasteiger partial charge on any atom is -0.396 e. The van der Waals surface area contributed by atoms with Gasteiger partial charge >= 0.3 is 0 Å². The molecule has 15 heavy (non-hydrogen) atoms. The molecule has 0 saturated heterocycles. The summed E-state index contributed by atoms with van der Waals surface area (Å²) in [6.07, 6.45) is 3.57. The molecular formula is C12H20N2O. The number of nitrogens with one attached hydrogen (secondary N) is 1. The van der Waals surface area contributed by atoms with Crippen LogP contribution in [0, 0.1) is 11.8 Å². The van der Waals surface area contributed by atoms with Crippen molar-refractivity contribution in [2.45, 2.75) is 19.9 Å². The van der Waals surface area contributed by atoms with Crippen molar-refractivity contribution in [3.05, 3.63) is 30.1 Å². The molecule has 0 aromatic carbocycles. The zero-order chi connectivity index (χ0) is 11.3. The lowest BCUT2D eigenvalue weighted by atomic mass is 9.85. The highest BCUT2D eigenvalue weighted by Crippen LogP contribution is 2.26. The highest BCUT2D eigenvalue weighted by molar-refractivity contribution is 5.16. The average Bonchev–Trinajstić information content (AvgIpc) is 2.26. The molecule has 0 fully saturated rings. The standard InChI is InChI=1S/C12H20N2O/c1-9(2)11(8-15)12(13-3)10-4-6-14-7-5-10/h4-7,9,11-13,15H,8H2,1-3H3. The van der Waals surface area contributed by atoms with E-state index in [0.29, 0.717) is 5.92 Å². The van der Waals surface area contributed by atoms with Gasteiger partial charge in [-0.15, -0.1) is 0 Å². The van der Waals surface area contributed by atoms with Crippen LogP contribution in [0.3, 0.4) is 0 Å². The molecule has 2 N–H and O–H groups in total. The van der Waals surface area contributed by atoms with E-state index in [4.69, 9.17) is 0 Å². The lowest BCUT2D eigenvalue weighted by Gasteiger charge is -2.28. The second-order valence-corrected chi connectivity index (χ2v) is 4.14. The van der Waals surface area contributed by atoms with Gasteiger partial charge < -0.3 is 10.4 Å². The van der Waals surface area contributed by atoms with Gasteiger partial charge in [0.1, 0.15) is 0 Å². The van der Waals surface area contributed by atoms with Gasteiger partial charge in [0.2, 0.25) is 0 Å². The van der Waals surface area contributed by atoms with E-state index in [1.165, 1.54) is 5.56 Å². The van der Waals surface area contributed by atoms with E-state index in [-0.39, 0.29) is 18.6 Å². The first-order chi connectivity index (χ1) is 7.20. The van der Waals surface area contributed by atoms with Crippen molar-refractivity contribution in [2.24, 2.45) is 11.8 Å². The summed E-state index contributed by atoms with van der Waals surface area (Å²) >= 11 is 0. The molecule has 0 bridgehead atoms. The van der Waals surface area contributed by atoms with Crippen LogP contribution in [0.5, 0.6) is 0 Å². The largest absolute Gasteiger partial charge is 0.396 e. The minimum atomic E-state index is 0.193. The van der Waals surface area contributed by atoms with E-state index in [1.54, 1.807) is 12.4 Å². The summed E-state index contributed by atoms with van der Waals surface area (Å²) in [4.78, 5) is 4.00. The molecule has 3 nitrogen and oxygen atoms in total. The number of aromatic nitrogens is 1. The van der Waals surface area contributed by atoms with E-state index in [2.05, 4.69) is 24.1 Å².